The van der Waals surface area contributed by atoms with Crippen LogP contribution in [0.4, 0.5) is 0 Å². The lowest BCUT2D eigenvalue weighted by atomic mass is 10.1. The Kier molecular flexibility index (Phi) is 3.05. The quantitative estimate of drug-likeness (QED) is 0.807. The van der Waals surface area contributed by atoms with E-state index in [4.69, 9.17) is 4.74 Å². The van der Waals surface area contributed by atoms with Crippen LogP contribution in [0.1, 0.15) is 11.6 Å². The summed E-state index contributed by atoms with van der Waals surface area (Å²) in [6.07, 6.45) is 0. The first-order chi connectivity index (χ1) is 6.77. The predicted octanol–water partition coefficient (Wildman–Crippen LogP) is 1.82. The number of aromatic hydroxyl groups is 1. The van der Waals surface area contributed by atoms with Gasteiger partial charge in [-0.15, -0.1) is 0 Å². The van der Waals surface area contributed by atoms with E-state index in [1.54, 1.807) is 6.07 Å². The fourth-order valence-corrected chi connectivity index (χ4v) is 1.95. The van der Waals surface area contributed by atoms with Gasteiger partial charge in [0.2, 0.25) is 0 Å². The molecule has 1 atom stereocenters. The second-order valence-corrected chi connectivity index (χ2v) is 4.20. The molecule has 1 aliphatic heterocycles. The van der Waals surface area contributed by atoms with E-state index in [1.165, 1.54) is 0 Å². The molecule has 0 saturated carbocycles. The SMILES string of the molecule is Oc1ccc(Br)cc1C1COCCN1. The molecule has 1 unspecified atom stereocenters. The molecule has 0 amide bonds. The number of benzene rings is 1. The number of hydrogen-bond acceptors (Lipinski definition) is 3. The van der Waals surface area contributed by atoms with Gasteiger partial charge in [-0.25, -0.2) is 0 Å². The molecule has 1 aliphatic rings. The Labute approximate surface area is 91.2 Å². The fraction of sp³-hybridized carbons (Fsp3) is 0.400. The first-order valence-electron chi connectivity index (χ1n) is 4.57. The molecular weight excluding hydrogens is 246 g/mol. The van der Waals surface area contributed by atoms with Gasteiger partial charge in [0.1, 0.15) is 5.75 Å². The maximum atomic E-state index is 9.67. The molecular formula is C10H12BrNO2. The summed E-state index contributed by atoms with van der Waals surface area (Å²) >= 11 is 3.38. The topological polar surface area (TPSA) is 41.5 Å². The van der Waals surface area contributed by atoms with Gasteiger partial charge in [-0.05, 0) is 18.2 Å². The van der Waals surface area contributed by atoms with Crippen LogP contribution >= 0.6 is 15.9 Å². The van der Waals surface area contributed by atoms with Crippen LogP contribution < -0.4 is 5.32 Å². The van der Waals surface area contributed by atoms with E-state index in [2.05, 4.69) is 21.2 Å². The molecule has 2 N–H and O–H groups in total. The van der Waals surface area contributed by atoms with Crippen molar-refractivity contribution >= 4 is 15.9 Å². The minimum absolute atomic E-state index is 0.0984. The highest BCUT2D eigenvalue weighted by molar-refractivity contribution is 9.10. The normalized spacial score (nSPS) is 22.2. The van der Waals surface area contributed by atoms with E-state index < -0.39 is 0 Å². The molecule has 2 rings (SSSR count). The van der Waals surface area contributed by atoms with Gasteiger partial charge in [-0.3, -0.25) is 0 Å². The van der Waals surface area contributed by atoms with E-state index >= 15 is 0 Å². The van der Waals surface area contributed by atoms with Crippen LogP contribution in [0, 0.1) is 0 Å². The van der Waals surface area contributed by atoms with Crippen LogP contribution in [-0.4, -0.2) is 24.9 Å². The van der Waals surface area contributed by atoms with Gasteiger partial charge in [-0.1, -0.05) is 15.9 Å². The highest BCUT2D eigenvalue weighted by Gasteiger charge is 2.18. The summed E-state index contributed by atoms with van der Waals surface area (Å²) in [6, 6.07) is 5.53. The molecule has 3 nitrogen and oxygen atoms in total. The van der Waals surface area contributed by atoms with E-state index in [1.807, 2.05) is 12.1 Å². The van der Waals surface area contributed by atoms with E-state index in [0.29, 0.717) is 12.4 Å². The Hall–Kier alpha value is -0.580. The summed E-state index contributed by atoms with van der Waals surface area (Å²) in [5.41, 5.74) is 0.888. The molecule has 0 radical (unpaired) electrons. The standard InChI is InChI=1S/C10H12BrNO2/c11-7-1-2-10(13)8(5-7)9-6-14-4-3-12-9/h1-2,5,9,12-13H,3-4,6H2. The molecule has 1 aromatic rings. The third-order valence-corrected chi connectivity index (χ3v) is 2.78. The van der Waals surface area contributed by atoms with E-state index in [9.17, 15) is 5.11 Å². The van der Waals surface area contributed by atoms with Crippen molar-refractivity contribution in [2.75, 3.05) is 19.8 Å². The lowest BCUT2D eigenvalue weighted by Gasteiger charge is -2.24. The molecule has 1 saturated heterocycles. The van der Waals surface area contributed by atoms with Crippen molar-refractivity contribution in [1.82, 2.24) is 5.32 Å². The third kappa shape index (κ3) is 2.08. The largest absolute Gasteiger partial charge is 0.508 e. The molecule has 0 aliphatic carbocycles. The molecule has 4 heteroatoms. The highest BCUT2D eigenvalue weighted by atomic mass is 79.9. The molecule has 1 fully saturated rings. The zero-order chi connectivity index (χ0) is 9.97. The fourth-order valence-electron chi connectivity index (χ4n) is 1.57. The molecule has 14 heavy (non-hydrogen) atoms. The average molecular weight is 258 g/mol. The lowest BCUT2D eigenvalue weighted by Crippen LogP contribution is -2.34. The number of nitrogens with one attached hydrogen (secondary N) is 1. The van der Waals surface area contributed by atoms with Crippen molar-refractivity contribution in [1.29, 1.82) is 0 Å². The maximum Gasteiger partial charge on any atom is 0.120 e. The van der Waals surface area contributed by atoms with Crippen LogP contribution in [-0.2, 0) is 4.74 Å². The average Bonchev–Trinajstić information content (AvgIpc) is 2.23. The minimum Gasteiger partial charge on any atom is -0.508 e. The number of rotatable bonds is 1. The summed E-state index contributed by atoms with van der Waals surface area (Å²) in [7, 11) is 0. The molecule has 76 valence electrons. The summed E-state index contributed by atoms with van der Waals surface area (Å²) in [5, 5.41) is 13.0. The van der Waals surface area contributed by atoms with Crippen molar-refractivity contribution < 1.29 is 9.84 Å². The molecule has 1 heterocycles. The second kappa shape index (κ2) is 4.29. The first-order valence-corrected chi connectivity index (χ1v) is 5.36. The van der Waals surface area contributed by atoms with Crippen LogP contribution in [0.2, 0.25) is 0 Å². The Bertz CT molecular complexity index is 324. The van der Waals surface area contributed by atoms with Gasteiger partial charge in [0.25, 0.3) is 0 Å². The number of hydrogen-bond donors (Lipinski definition) is 2. The summed E-state index contributed by atoms with van der Waals surface area (Å²) in [6.45, 7) is 2.19. The van der Waals surface area contributed by atoms with Crippen LogP contribution in [0.5, 0.6) is 5.75 Å². The third-order valence-electron chi connectivity index (χ3n) is 2.29. The van der Waals surface area contributed by atoms with Gasteiger partial charge in [0, 0.05) is 16.6 Å². The smallest absolute Gasteiger partial charge is 0.120 e. The van der Waals surface area contributed by atoms with Crippen molar-refractivity contribution in [2.45, 2.75) is 6.04 Å². The van der Waals surface area contributed by atoms with Crippen LogP contribution in [0.25, 0.3) is 0 Å². The van der Waals surface area contributed by atoms with Crippen LogP contribution in [0.15, 0.2) is 22.7 Å². The minimum atomic E-state index is 0.0984. The Morgan fingerprint density at radius 3 is 3.07 bits per heavy atom. The molecule has 0 bridgehead atoms. The van der Waals surface area contributed by atoms with Crippen molar-refractivity contribution in [3.63, 3.8) is 0 Å². The van der Waals surface area contributed by atoms with Gasteiger partial charge >= 0.3 is 0 Å². The predicted molar refractivity (Wildman–Crippen MR) is 57.4 cm³/mol. The number of morpholine rings is 1. The zero-order valence-electron chi connectivity index (χ0n) is 7.66. The van der Waals surface area contributed by atoms with E-state index in [0.717, 1.165) is 23.2 Å². The highest BCUT2D eigenvalue weighted by Crippen LogP contribution is 2.28. The monoisotopic (exact) mass is 257 g/mol. The molecule has 1 aromatic carbocycles. The number of phenolic OH excluding ortho intramolecular Hbond substituents is 1. The zero-order valence-corrected chi connectivity index (χ0v) is 9.25. The number of phenols is 1. The van der Waals surface area contributed by atoms with Gasteiger partial charge < -0.3 is 15.2 Å². The van der Waals surface area contributed by atoms with Gasteiger partial charge in [0.05, 0.1) is 19.3 Å². The number of halogens is 1. The first kappa shape index (κ1) is 9.96. The Balaban J connectivity index is 2.24. The van der Waals surface area contributed by atoms with Gasteiger partial charge in [-0.2, -0.15) is 0 Å². The Morgan fingerprint density at radius 1 is 1.50 bits per heavy atom. The summed E-state index contributed by atoms with van der Waals surface area (Å²) in [5.74, 6) is 0.316. The second-order valence-electron chi connectivity index (χ2n) is 3.28. The van der Waals surface area contributed by atoms with Crippen molar-refractivity contribution in [3.8, 4) is 5.75 Å². The lowest BCUT2D eigenvalue weighted by molar-refractivity contribution is 0.0761. The van der Waals surface area contributed by atoms with Crippen LogP contribution in [0.3, 0.4) is 0 Å². The molecule has 0 aromatic heterocycles. The Morgan fingerprint density at radius 2 is 2.36 bits per heavy atom. The summed E-state index contributed by atoms with van der Waals surface area (Å²) in [4.78, 5) is 0. The van der Waals surface area contributed by atoms with E-state index in [-0.39, 0.29) is 6.04 Å². The van der Waals surface area contributed by atoms with Gasteiger partial charge in [0.15, 0.2) is 0 Å². The van der Waals surface area contributed by atoms with Crippen molar-refractivity contribution in [2.24, 2.45) is 0 Å². The molecule has 0 spiro atoms. The van der Waals surface area contributed by atoms with Crippen molar-refractivity contribution in [3.05, 3.63) is 28.2 Å². The number of ether oxygens (including phenoxy) is 1. The maximum absolute atomic E-state index is 9.67. The summed E-state index contributed by atoms with van der Waals surface area (Å²) < 4.78 is 6.31.